The van der Waals surface area contributed by atoms with Crippen LogP contribution in [0.2, 0.25) is 0 Å². The van der Waals surface area contributed by atoms with Gasteiger partial charge in [0, 0.05) is 26.2 Å². The predicted molar refractivity (Wildman–Crippen MR) is 102 cm³/mol. The van der Waals surface area contributed by atoms with Crippen molar-refractivity contribution in [2.75, 3.05) is 43.5 Å². The van der Waals surface area contributed by atoms with Gasteiger partial charge in [0.1, 0.15) is 0 Å². The number of methoxy groups -OCH3 is 1. The number of hydrogen-bond acceptors (Lipinski definition) is 6. The molecular weight excluding hydrogens is 358 g/mol. The molecule has 1 amide bonds. The highest BCUT2D eigenvalue weighted by molar-refractivity contribution is 7.93. The van der Waals surface area contributed by atoms with Crippen LogP contribution in [0.15, 0.2) is 18.2 Å². The maximum atomic E-state index is 12.6. The number of benzene rings is 1. The standard InChI is InChI=1S/C17H27N3O5S/c1-17(2,3)11-20(5)16(22)12-7-8-13(18-4)14(9-12)19-26(23,24)10-15(21)25-6/h7-9,18-19H,10-11H2,1-6H3. The van der Waals surface area contributed by atoms with Gasteiger partial charge in [-0.3, -0.25) is 14.3 Å². The second-order valence-corrected chi connectivity index (χ2v) is 8.89. The Morgan fingerprint density at radius 2 is 1.81 bits per heavy atom. The van der Waals surface area contributed by atoms with Crippen LogP contribution >= 0.6 is 0 Å². The quantitative estimate of drug-likeness (QED) is 0.693. The number of nitrogens with zero attached hydrogens (tertiary/aromatic N) is 1. The molecule has 0 aromatic heterocycles. The summed E-state index contributed by atoms with van der Waals surface area (Å²) in [5.74, 6) is -1.91. The third kappa shape index (κ3) is 6.55. The summed E-state index contributed by atoms with van der Waals surface area (Å²) in [6.07, 6.45) is 0. The summed E-state index contributed by atoms with van der Waals surface area (Å²) in [6, 6.07) is 4.67. The maximum absolute atomic E-state index is 12.6. The lowest BCUT2D eigenvalue weighted by molar-refractivity contribution is -0.137. The van der Waals surface area contributed by atoms with Crippen molar-refractivity contribution in [1.29, 1.82) is 0 Å². The fourth-order valence-corrected chi connectivity index (χ4v) is 3.41. The molecule has 0 heterocycles. The van der Waals surface area contributed by atoms with E-state index in [9.17, 15) is 18.0 Å². The molecule has 0 unspecified atom stereocenters. The van der Waals surface area contributed by atoms with Gasteiger partial charge in [-0.1, -0.05) is 20.8 Å². The van der Waals surface area contributed by atoms with Crippen LogP contribution in [0.5, 0.6) is 0 Å². The number of sulfonamides is 1. The molecule has 1 rings (SSSR count). The van der Waals surface area contributed by atoms with E-state index in [2.05, 4.69) is 14.8 Å². The number of carbonyl (C=O) groups is 2. The normalized spacial score (nSPS) is 11.6. The van der Waals surface area contributed by atoms with Gasteiger partial charge in [-0.25, -0.2) is 8.42 Å². The van der Waals surface area contributed by atoms with Crippen molar-refractivity contribution in [3.63, 3.8) is 0 Å². The van der Waals surface area contributed by atoms with Crippen LogP contribution in [0, 0.1) is 5.41 Å². The summed E-state index contributed by atoms with van der Waals surface area (Å²) in [5.41, 5.74) is 0.937. The van der Waals surface area contributed by atoms with Crippen LogP contribution < -0.4 is 10.0 Å². The van der Waals surface area contributed by atoms with Crippen LogP contribution in [0.4, 0.5) is 11.4 Å². The summed E-state index contributed by atoms with van der Waals surface area (Å²) in [7, 11) is 0.474. The molecule has 2 N–H and O–H groups in total. The fourth-order valence-electron chi connectivity index (χ4n) is 2.40. The highest BCUT2D eigenvalue weighted by atomic mass is 32.2. The Morgan fingerprint density at radius 3 is 2.31 bits per heavy atom. The van der Waals surface area contributed by atoms with Gasteiger partial charge in [0.25, 0.3) is 5.91 Å². The fraction of sp³-hybridized carbons (Fsp3) is 0.529. The summed E-state index contributed by atoms with van der Waals surface area (Å²) < 4.78 is 30.9. The smallest absolute Gasteiger partial charge is 0.322 e. The van der Waals surface area contributed by atoms with Gasteiger partial charge in [0.15, 0.2) is 5.75 Å². The number of anilines is 2. The Hall–Kier alpha value is -2.29. The number of nitrogens with one attached hydrogen (secondary N) is 2. The van der Waals surface area contributed by atoms with Gasteiger partial charge in [0.05, 0.1) is 18.5 Å². The highest BCUT2D eigenvalue weighted by Gasteiger charge is 2.22. The zero-order chi connectivity index (χ0) is 20.1. The van der Waals surface area contributed by atoms with Gasteiger partial charge in [0.2, 0.25) is 10.0 Å². The summed E-state index contributed by atoms with van der Waals surface area (Å²) in [5, 5.41) is 2.85. The number of esters is 1. The van der Waals surface area contributed by atoms with Crippen molar-refractivity contribution in [2.45, 2.75) is 20.8 Å². The lowest BCUT2D eigenvalue weighted by Gasteiger charge is -2.27. The Kier molecular flexibility index (Phi) is 7.02. The van der Waals surface area contributed by atoms with Gasteiger partial charge in [-0.15, -0.1) is 0 Å². The third-order valence-electron chi connectivity index (χ3n) is 3.40. The van der Waals surface area contributed by atoms with E-state index in [0.717, 1.165) is 7.11 Å². The molecule has 8 nitrogen and oxygen atoms in total. The lowest BCUT2D eigenvalue weighted by Crippen LogP contribution is -2.34. The molecule has 1 aromatic carbocycles. The van der Waals surface area contributed by atoms with Crippen molar-refractivity contribution in [1.82, 2.24) is 4.90 Å². The van der Waals surface area contributed by atoms with E-state index in [1.54, 1.807) is 31.1 Å². The molecule has 9 heteroatoms. The first-order valence-electron chi connectivity index (χ1n) is 8.03. The molecule has 0 spiro atoms. The minimum absolute atomic E-state index is 0.0692. The lowest BCUT2D eigenvalue weighted by atomic mass is 9.96. The molecule has 1 aromatic rings. The number of amides is 1. The van der Waals surface area contributed by atoms with E-state index in [1.807, 2.05) is 20.8 Å². The summed E-state index contributed by atoms with van der Waals surface area (Å²) in [6.45, 7) is 6.61. The van der Waals surface area contributed by atoms with E-state index >= 15 is 0 Å². The van der Waals surface area contributed by atoms with E-state index in [0.29, 0.717) is 17.8 Å². The maximum Gasteiger partial charge on any atom is 0.322 e. The molecule has 0 saturated heterocycles. The molecular formula is C17H27N3O5S. The molecule has 0 aliphatic carbocycles. The summed E-state index contributed by atoms with van der Waals surface area (Å²) >= 11 is 0. The topological polar surface area (TPSA) is 105 Å². The monoisotopic (exact) mass is 385 g/mol. The van der Waals surface area contributed by atoms with Gasteiger partial charge in [-0.05, 0) is 23.6 Å². The molecule has 0 radical (unpaired) electrons. The number of rotatable bonds is 7. The first-order chi connectivity index (χ1) is 11.9. The van der Waals surface area contributed by atoms with Crippen LogP contribution in [0.25, 0.3) is 0 Å². The first kappa shape index (κ1) is 21.8. The van der Waals surface area contributed by atoms with E-state index in [4.69, 9.17) is 0 Å². The average Bonchev–Trinajstić information content (AvgIpc) is 2.51. The predicted octanol–water partition coefficient (Wildman–Crippen LogP) is 1.76. The zero-order valence-electron chi connectivity index (χ0n) is 16.0. The van der Waals surface area contributed by atoms with Crippen LogP contribution in [-0.4, -0.2) is 58.7 Å². The highest BCUT2D eigenvalue weighted by Crippen LogP contribution is 2.25. The Labute approximate surface area is 155 Å². The Morgan fingerprint density at radius 1 is 1.19 bits per heavy atom. The zero-order valence-corrected chi connectivity index (χ0v) is 16.9. The minimum Gasteiger partial charge on any atom is -0.468 e. The van der Waals surface area contributed by atoms with Crippen molar-refractivity contribution in [2.24, 2.45) is 5.41 Å². The average molecular weight is 385 g/mol. The molecule has 0 saturated carbocycles. The van der Waals surface area contributed by atoms with Crippen molar-refractivity contribution < 1.29 is 22.7 Å². The molecule has 0 fully saturated rings. The molecule has 0 bridgehead atoms. The van der Waals surface area contributed by atoms with Gasteiger partial charge >= 0.3 is 5.97 Å². The van der Waals surface area contributed by atoms with Gasteiger partial charge < -0.3 is 15.0 Å². The minimum atomic E-state index is -3.96. The molecule has 0 atom stereocenters. The van der Waals surface area contributed by atoms with Crippen molar-refractivity contribution >= 4 is 33.3 Å². The second kappa shape index (κ2) is 8.39. The van der Waals surface area contributed by atoms with Crippen molar-refractivity contribution in [3.8, 4) is 0 Å². The number of carbonyl (C=O) groups excluding carboxylic acids is 2. The van der Waals surface area contributed by atoms with E-state index in [1.165, 1.54) is 6.07 Å². The van der Waals surface area contributed by atoms with Crippen molar-refractivity contribution in [3.05, 3.63) is 23.8 Å². The van der Waals surface area contributed by atoms with E-state index < -0.39 is 21.7 Å². The van der Waals surface area contributed by atoms with Gasteiger partial charge in [-0.2, -0.15) is 0 Å². The van der Waals surface area contributed by atoms with E-state index in [-0.39, 0.29) is 17.0 Å². The molecule has 0 aliphatic heterocycles. The molecule has 0 aliphatic rings. The third-order valence-corrected chi connectivity index (χ3v) is 4.54. The summed E-state index contributed by atoms with van der Waals surface area (Å²) in [4.78, 5) is 25.5. The first-order valence-corrected chi connectivity index (χ1v) is 9.68. The largest absolute Gasteiger partial charge is 0.468 e. The second-order valence-electron chi connectivity index (χ2n) is 7.17. The van der Waals surface area contributed by atoms with Crippen LogP contribution in [-0.2, 0) is 19.6 Å². The molecule has 26 heavy (non-hydrogen) atoms. The molecule has 146 valence electrons. The number of hydrogen-bond donors (Lipinski definition) is 2. The van der Waals surface area contributed by atoms with Crippen LogP contribution in [0.1, 0.15) is 31.1 Å². The Bertz CT molecular complexity index is 769. The number of ether oxygens (including phenoxy) is 1. The SMILES string of the molecule is CNc1ccc(C(=O)N(C)CC(C)(C)C)cc1NS(=O)(=O)CC(=O)OC. The van der Waals surface area contributed by atoms with Crippen LogP contribution in [0.3, 0.4) is 0 Å². The Balaban J connectivity index is 3.12.